The second-order valence-electron chi connectivity index (χ2n) is 6.94. The maximum Gasteiger partial charge on any atom is 0.0409 e. The molecule has 3 heteroatoms. The molecule has 0 radical (unpaired) electrons. The van der Waals surface area contributed by atoms with Crippen LogP contribution >= 0.6 is 27.5 Å². The van der Waals surface area contributed by atoms with Crippen LogP contribution in [0.4, 0.5) is 0 Å². The smallest absolute Gasteiger partial charge is 0.0409 e. The Bertz CT molecular complexity index is 715. The van der Waals surface area contributed by atoms with E-state index in [0.717, 1.165) is 23.9 Å². The number of hydrogen-bond acceptors (Lipinski definition) is 1. The molecule has 1 fully saturated rings. The maximum atomic E-state index is 6.16. The van der Waals surface area contributed by atoms with Gasteiger partial charge in [0.05, 0.1) is 0 Å². The first-order valence-electron chi connectivity index (χ1n) is 8.44. The van der Waals surface area contributed by atoms with Gasteiger partial charge in [0.15, 0.2) is 0 Å². The SMILES string of the molecule is Clc1cccc(CN2C[C@@H]3CC[C@H]2Cc2c(Br)cccc2C3)c1. The first kappa shape index (κ1) is 15.7. The molecule has 3 aliphatic rings. The van der Waals surface area contributed by atoms with E-state index in [1.165, 1.54) is 41.4 Å². The van der Waals surface area contributed by atoms with Crippen molar-refractivity contribution in [2.75, 3.05) is 6.54 Å². The lowest BCUT2D eigenvalue weighted by Gasteiger charge is -2.42. The highest BCUT2D eigenvalue weighted by molar-refractivity contribution is 9.10. The molecule has 2 atom stereocenters. The fourth-order valence-corrected chi connectivity index (χ4v) is 5.00. The molecule has 2 bridgehead atoms. The summed E-state index contributed by atoms with van der Waals surface area (Å²) in [6, 6.07) is 15.7. The average molecular weight is 391 g/mol. The Kier molecular flexibility index (Phi) is 4.49. The Morgan fingerprint density at radius 2 is 1.96 bits per heavy atom. The molecule has 1 saturated heterocycles. The summed E-state index contributed by atoms with van der Waals surface area (Å²) < 4.78 is 1.28. The number of piperidine rings is 1. The number of halogens is 2. The van der Waals surface area contributed by atoms with Gasteiger partial charge in [-0.3, -0.25) is 4.90 Å². The second-order valence-corrected chi connectivity index (χ2v) is 8.23. The van der Waals surface area contributed by atoms with Crippen molar-refractivity contribution in [2.45, 2.75) is 38.3 Å². The highest BCUT2D eigenvalue weighted by atomic mass is 79.9. The van der Waals surface area contributed by atoms with E-state index < -0.39 is 0 Å². The molecule has 23 heavy (non-hydrogen) atoms. The van der Waals surface area contributed by atoms with Crippen molar-refractivity contribution in [3.8, 4) is 0 Å². The molecule has 1 nitrogen and oxygen atoms in total. The topological polar surface area (TPSA) is 3.24 Å². The van der Waals surface area contributed by atoms with Gasteiger partial charge in [0.1, 0.15) is 0 Å². The molecule has 2 aliphatic heterocycles. The van der Waals surface area contributed by atoms with Gasteiger partial charge in [0.25, 0.3) is 0 Å². The van der Waals surface area contributed by atoms with Crippen molar-refractivity contribution in [1.82, 2.24) is 4.90 Å². The number of fused-ring (bicyclic) bond motifs is 2. The molecule has 2 aromatic carbocycles. The van der Waals surface area contributed by atoms with Crippen LogP contribution in [0.1, 0.15) is 29.5 Å². The molecule has 0 aromatic heterocycles. The molecule has 5 rings (SSSR count). The summed E-state index contributed by atoms with van der Waals surface area (Å²) in [7, 11) is 0. The van der Waals surface area contributed by atoms with Crippen LogP contribution in [0.2, 0.25) is 5.02 Å². The Morgan fingerprint density at radius 3 is 2.83 bits per heavy atom. The van der Waals surface area contributed by atoms with Crippen molar-refractivity contribution in [3.05, 3.63) is 68.7 Å². The van der Waals surface area contributed by atoms with E-state index >= 15 is 0 Å². The monoisotopic (exact) mass is 389 g/mol. The Balaban J connectivity index is 1.61. The maximum absolute atomic E-state index is 6.16. The van der Waals surface area contributed by atoms with E-state index in [1.807, 2.05) is 6.07 Å². The minimum absolute atomic E-state index is 0.642. The highest BCUT2D eigenvalue weighted by Gasteiger charge is 2.32. The van der Waals surface area contributed by atoms with Gasteiger partial charge in [-0.15, -0.1) is 0 Å². The van der Waals surface area contributed by atoms with Crippen LogP contribution in [0.15, 0.2) is 46.9 Å². The molecule has 120 valence electrons. The summed E-state index contributed by atoms with van der Waals surface area (Å²) in [4.78, 5) is 2.68. The Hall–Kier alpha value is -0.830. The second kappa shape index (κ2) is 6.58. The summed E-state index contributed by atoms with van der Waals surface area (Å²) in [5.74, 6) is 0.777. The van der Waals surface area contributed by atoms with Gasteiger partial charge < -0.3 is 0 Å². The average Bonchev–Trinajstić information content (AvgIpc) is 2.49. The zero-order valence-corrected chi connectivity index (χ0v) is 15.5. The fourth-order valence-electron chi connectivity index (χ4n) is 4.21. The molecule has 0 amide bonds. The van der Waals surface area contributed by atoms with E-state index in [1.54, 1.807) is 5.56 Å². The van der Waals surface area contributed by atoms with Crippen molar-refractivity contribution in [1.29, 1.82) is 0 Å². The Morgan fingerprint density at radius 1 is 1.09 bits per heavy atom. The van der Waals surface area contributed by atoms with Crippen molar-refractivity contribution in [2.24, 2.45) is 5.92 Å². The third-order valence-corrected chi connectivity index (χ3v) is 6.33. The van der Waals surface area contributed by atoms with E-state index in [0.29, 0.717) is 6.04 Å². The number of benzene rings is 2. The van der Waals surface area contributed by atoms with Gasteiger partial charge in [-0.1, -0.05) is 51.8 Å². The lowest BCUT2D eigenvalue weighted by molar-refractivity contribution is 0.0937. The summed E-state index contributed by atoms with van der Waals surface area (Å²) in [6.07, 6.45) is 5.05. The van der Waals surface area contributed by atoms with E-state index in [-0.39, 0.29) is 0 Å². The zero-order valence-electron chi connectivity index (χ0n) is 13.1. The first-order chi connectivity index (χ1) is 11.2. The molecule has 1 aliphatic carbocycles. The lowest BCUT2D eigenvalue weighted by Crippen LogP contribution is -2.46. The quantitative estimate of drug-likeness (QED) is 0.656. The summed E-state index contributed by atoms with van der Waals surface area (Å²) >= 11 is 9.94. The largest absolute Gasteiger partial charge is 0.296 e. The molecular formula is C20H21BrClN. The predicted molar refractivity (Wildman–Crippen MR) is 99.9 cm³/mol. The molecule has 0 saturated carbocycles. The molecular weight excluding hydrogens is 370 g/mol. The van der Waals surface area contributed by atoms with Crippen LogP contribution in [-0.4, -0.2) is 17.5 Å². The third kappa shape index (κ3) is 3.35. The number of nitrogens with zero attached hydrogens (tertiary/aromatic N) is 1. The van der Waals surface area contributed by atoms with Gasteiger partial charge in [0.2, 0.25) is 0 Å². The van der Waals surface area contributed by atoms with Crippen LogP contribution < -0.4 is 0 Å². The zero-order chi connectivity index (χ0) is 15.8. The fraction of sp³-hybridized carbons (Fsp3) is 0.400. The minimum Gasteiger partial charge on any atom is -0.296 e. The van der Waals surface area contributed by atoms with Crippen LogP contribution in [0.25, 0.3) is 0 Å². The van der Waals surface area contributed by atoms with Crippen molar-refractivity contribution < 1.29 is 0 Å². The van der Waals surface area contributed by atoms with Crippen LogP contribution in [-0.2, 0) is 19.4 Å². The summed E-state index contributed by atoms with van der Waals surface area (Å²) in [5.41, 5.74) is 4.41. The van der Waals surface area contributed by atoms with E-state index in [9.17, 15) is 0 Å². The predicted octanol–water partition coefficient (Wildman–Crippen LogP) is 5.48. The molecule has 2 heterocycles. The highest BCUT2D eigenvalue weighted by Crippen LogP contribution is 2.35. The minimum atomic E-state index is 0.642. The van der Waals surface area contributed by atoms with Gasteiger partial charge in [-0.05, 0) is 66.5 Å². The van der Waals surface area contributed by atoms with Crippen LogP contribution in [0, 0.1) is 5.92 Å². The lowest BCUT2D eigenvalue weighted by atomic mass is 9.80. The van der Waals surface area contributed by atoms with Gasteiger partial charge in [-0.25, -0.2) is 0 Å². The van der Waals surface area contributed by atoms with Gasteiger partial charge in [0, 0.05) is 28.6 Å². The third-order valence-electron chi connectivity index (χ3n) is 5.36. The summed E-state index contributed by atoms with van der Waals surface area (Å²) in [5, 5.41) is 0.841. The van der Waals surface area contributed by atoms with E-state index in [2.05, 4.69) is 57.2 Å². The van der Waals surface area contributed by atoms with Crippen LogP contribution in [0.5, 0.6) is 0 Å². The van der Waals surface area contributed by atoms with Gasteiger partial charge >= 0.3 is 0 Å². The molecule has 0 N–H and O–H groups in total. The van der Waals surface area contributed by atoms with Crippen LogP contribution in [0.3, 0.4) is 0 Å². The number of hydrogen-bond donors (Lipinski definition) is 0. The van der Waals surface area contributed by atoms with Crippen molar-refractivity contribution in [3.63, 3.8) is 0 Å². The summed E-state index contributed by atoms with van der Waals surface area (Å²) in [6.45, 7) is 2.23. The molecule has 0 unspecified atom stereocenters. The Labute approximate surface area is 151 Å². The number of rotatable bonds is 2. The standard InChI is InChI=1S/C20H21BrClN/c21-20-6-2-4-16-9-15-7-8-18(11-19(16)20)23(13-15)12-14-3-1-5-17(22)10-14/h1-6,10,15,18H,7-9,11-13H2/t15-,18+/m1/s1. The normalized spacial score (nSPS) is 24.1. The van der Waals surface area contributed by atoms with Crippen molar-refractivity contribution >= 4 is 27.5 Å². The first-order valence-corrected chi connectivity index (χ1v) is 9.61. The molecule has 2 aromatic rings. The van der Waals surface area contributed by atoms with E-state index in [4.69, 9.17) is 11.6 Å². The molecule has 0 spiro atoms. The van der Waals surface area contributed by atoms with Gasteiger partial charge in [-0.2, -0.15) is 0 Å².